The fourth-order valence-corrected chi connectivity index (χ4v) is 1.28. The lowest BCUT2D eigenvalue weighted by atomic mass is 10.4. The molecule has 0 fully saturated rings. The van der Waals surface area contributed by atoms with Crippen molar-refractivity contribution >= 4 is 21.6 Å². The predicted molar refractivity (Wildman–Crippen MR) is 55.5 cm³/mol. The highest BCUT2D eigenvalue weighted by Crippen LogP contribution is 1.80. The Morgan fingerprint density at radius 1 is 1.38 bits per heavy atom. The van der Waals surface area contributed by atoms with Crippen molar-refractivity contribution in [2.75, 3.05) is 12.1 Å². The second-order valence-corrected chi connectivity index (χ2v) is 5.14. The molecule has 0 aromatic heterocycles. The molecule has 6 heteroatoms. The van der Waals surface area contributed by atoms with Gasteiger partial charge >= 0.3 is 0 Å². The maximum absolute atomic E-state index is 10.3. The number of hydrogen-bond acceptors (Lipinski definition) is 3. The van der Waals surface area contributed by atoms with Crippen LogP contribution in [0.15, 0.2) is 0 Å². The number of rotatable bonds is 3. The van der Waals surface area contributed by atoms with Crippen LogP contribution in [0.3, 0.4) is 0 Å². The number of alkyl halides is 1. The van der Waals surface area contributed by atoms with E-state index in [4.69, 9.17) is 16.7 Å². The SMILES string of the molecule is CC(C)NS(C)(=O)=O.CC(O)CCl. The highest BCUT2D eigenvalue weighted by atomic mass is 35.5. The van der Waals surface area contributed by atoms with E-state index in [1.807, 2.05) is 0 Å². The maximum atomic E-state index is 10.3. The average Bonchev–Trinajstić information content (AvgIpc) is 1.83. The first-order valence-electron chi connectivity index (χ1n) is 3.90. The van der Waals surface area contributed by atoms with E-state index < -0.39 is 10.0 Å². The maximum Gasteiger partial charge on any atom is 0.208 e. The van der Waals surface area contributed by atoms with E-state index in [0.29, 0.717) is 5.88 Å². The largest absolute Gasteiger partial charge is 0.392 e. The number of aliphatic hydroxyl groups excluding tert-OH is 1. The van der Waals surface area contributed by atoms with Gasteiger partial charge in [0.05, 0.1) is 12.4 Å². The van der Waals surface area contributed by atoms with E-state index in [-0.39, 0.29) is 12.1 Å². The summed E-state index contributed by atoms with van der Waals surface area (Å²) in [5, 5.41) is 8.23. The molecule has 0 aliphatic rings. The van der Waals surface area contributed by atoms with Crippen molar-refractivity contribution in [3.05, 3.63) is 0 Å². The van der Waals surface area contributed by atoms with Gasteiger partial charge in [-0.3, -0.25) is 0 Å². The fourth-order valence-electron chi connectivity index (χ4n) is 0.428. The van der Waals surface area contributed by atoms with Crippen LogP contribution in [0.4, 0.5) is 0 Å². The van der Waals surface area contributed by atoms with Crippen molar-refractivity contribution in [1.82, 2.24) is 4.72 Å². The molecule has 82 valence electrons. The zero-order valence-corrected chi connectivity index (χ0v) is 9.98. The zero-order valence-electron chi connectivity index (χ0n) is 8.41. The molecule has 0 radical (unpaired) electrons. The summed E-state index contributed by atoms with van der Waals surface area (Å²) in [5.74, 6) is 0.333. The van der Waals surface area contributed by atoms with E-state index in [1.165, 1.54) is 0 Å². The number of hydrogen-bond donors (Lipinski definition) is 2. The van der Waals surface area contributed by atoms with Gasteiger partial charge in [0, 0.05) is 11.9 Å². The van der Waals surface area contributed by atoms with Gasteiger partial charge in [-0.2, -0.15) is 0 Å². The van der Waals surface area contributed by atoms with Gasteiger partial charge in [-0.1, -0.05) is 0 Å². The molecule has 4 nitrogen and oxygen atoms in total. The molecule has 0 saturated heterocycles. The topological polar surface area (TPSA) is 66.4 Å². The van der Waals surface area contributed by atoms with Crippen LogP contribution in [0.25, 0.3) is 0 Å². The summed E-state index contributed by atoms with van der Waals surface area (Å²) in [5.41, 5.74) is 0. The Balaban J connectivity index is 0. The fraction of sp³-hybridized carbons (Fsp3) is 1.00. The Labute approximate surface area is 85.3 Å². The van der Waals surface area contributed by atoms with Crippen LogP contribution in [0, 0.1) is 0 Å². The Morgan fingerprint density at radius 2 is 1.69 bits per heavy atom. The second kappa shape index (κ2) is 7.55. The Kier molecular flexibility index (Phi) is 9.08. The minimum Gasteiger partial charge on any atom is -0.392 e. The molecule has 0 amide bonds. The standard InChI is InChI=1S/C4H11NO2S.C3H7ClO/c1-4(2)5-8(3,6)7;1-3(5)2-4/h4-5H,1-3H3;3,5H,2H2,1H3. The van der Waals surface area contributed by atoms with Crippen molar-refractivity contribution in [2.45, 2.75) is 32.9 Å². The normalized spacial score (nSPS) is 13.5. The molecule has 13 heavy (non-hydrogen) atoms. The molecule has 0 bridgehead atoms. The lowest BCUT2D eigenvalue weighted by Crippen LogP contribution is -2.28. The van der Waals surface area contributed by atoms with Crippen LogP contribution in [-0.4, -0.2) is 37.8 Å². The molecular formula is C7H18ClNO3S. The highest BCUT2D eigenvalue weighted by molar-refractivity contribution is 7.88. The van der Waals surface area contributed by atoms with E-state index >= 15 is 0 Å². The summed E-state index contributed by atoms with van der Waals surface area (Å²) >= 11 is 5.09. The molecule has 0 heterocycles. The van der Waals surface area contributed by atoms with Gasteiger partial charge in [0.2, 0.25) is 10.0 Å². The van der Waals surface area contributed by atoms with Gasteiger partial charge in [0.25, 0.3) is 0 Å². The lowest BCUT2D eigenvalue weighted by Gasteiger charge is -2.02. The monoisotopic (exact) mass is 231 g/mol. The molecular weight excluding hydrogens is 214 g/mol. The minimum absolute atomic E-state index is 0.00463. The number of aliphatic hydroxyl groups is 1. The van der Waals surface area contributed by atoms with Gasteiger partial charge in [-0.05, 0) is 20.8 Å². The van der Waals surface area contributed by atoms with Gasteiger partial charge in [-0.25, -0.2) is 13.1 Å². The van der Waals surface area contributed by atoms with Crippen LogP contribution in [-0.2, 0) is 10.0 Å². The third-order valence-electron chi connectivity index (χ3n) is 0.673. The van der Waals surface area contributed by atoms with Crippen molar-refractivity contribution in [1.29, 1.82) is 0 Å². The Bertz CT molecular complexity index is 202. The molecule has 0 aromatic carbocycles. The molecule has 1 atom stereocenters. The van der Waals surface area contributed by atoms with Gasteiger partial charge in [-0.15, -0.1) is 11.6 Å². The molecule has 0 aliphatic heterocycles. The first-order chi connectivity index (χ1) is 5.69. The van der Waals surface area contributed by atoms with Gasteiger partial charge in [0.15, 0.2) is 0 Å². The molecule has 0 rings (SSSR count). The third kappa shape index (κ3) is 24.5. The number of sulfonamides is 1. The van der Waals surface area contributed by atoms with Crippen LogP contribution >= 0.6 is 11.6 Å². The number of nitrogens with one attached hydrogen (secondary N) is 1. The molecule has 0 spiro atoms. The summed E-state index contributed by atoms with van der Waals surface area (Å²) in [6.07, 6.45) is 0.796. The predicted octanol–water partition coefficient (Wildman–Crippen LogP) is 0.550. The van der Waals surface area contributed by atoms with Crippen molar-refractivity contribution < 1.29 is 13.5 Å². The van der Waals surface area contributed by atoms with E-state index in [2.05, 4.69) is 4.72 Å². The van der Waals surface area contributed by atoms with Crippen LogP contribution in [0.1, 0.15) is 20.8 Å². The lowest BCUT2D eigenvalue weighted by molar-refractivity contribution is 0.219. The quantitative estimate of drug-likeness (QED) is 0.698. The molecule has 0 aliphatic carbocycles. The third-order valence-corrected chi connectivity index (χ3v) is 2.02. The van der Waals surface area contributed by atoms with Crippen LogP contribution in [0.5, 0.6) is 0 Å². The molecule has 2 N–H and O–H groups in total. The zero-order chi connectivity index (χ0) is 11.1. The molecule has 0 aromatic rings. The summed E-state index contributed by atoms with van der Waals surface area (Å²) in [6, 6.07) is 0.00463. The van der Waals surface area contributed by atoms with Crippen molar-refractivity contribution in [3.8, 4) is 0 Å². The van der Waals surface area contributed by atoms with Crippen LogP contribution < -0.4 is 4.72 Å². The van der Waals surface area contributed by atoms with Gasteiger partial charge < -0.3 is 5.11 Å². The second-order valence-electron chi connectivity index (χ2n) is 3.05. The summed E-state index contributed by atoms with van der Waals surface area (Å²) in [7, 11) is -2.97. The average molecular weight is 232 g/mol. The van der Waals surface area contributed by atoms with E-state index in [9.17, 15) is 8.42 Å². The van der Waals surface area contributed by atoms with Gasteiger partial charge in [0.1, 0.15) is 0 Å². The van der Waals surface area contributed by atoms with E-state index in [0.717, 1.165) is 6.26 Å². The highest BCUT2D eigenvalue weighted by Gasteiger charge is 2.00. The smallest absolute Gasteiger partial charge is 0.208 e. The summed E-state index contributed by atoms with van der Waals surface area (Å²) in [4.78, 5) is 0. The summed E-state index contributed by atoms with van der Waals surface area (Å²) < 4.78 is 23.0. The van der Waals surface area contributed by atoms with E-state index in [1.54, 1.807) is 20.8 Å². The van der Waals surface area contributed by atoms with Crippen molar-refractivity contribution in [3.63, 3.8) is 0 Å². The minimum atomic E-state index is -2.97. The van der Waals surface area contributed by atoms with Crippen molar-refractivity contribution in [2.24, 2.45) is 0 Å². The molecule has 1 unspecified atom stereocenters. The first kappa shape index (κ1) is 15.6. The number of halogens is 1. The molecule has 0 saturated carbocycles. The van der Waals surface area contributed by atoms with Crippen LogP contribution in [0.2, 0.25) is 0 Å². The summed E-state index contributed by atoms with van der Waals surface area (Å²) in [6.45, 7) is 5.20. The Hall–Kier alpha value is 0.160. The Morgan fingerprint density at radius 3 is 1.69 bits per heavy atom. The first-order valence-corrected chi connectivity index (χ1v) is 6.33.